The molecule has 0 heterocycles. The Bertz CT molecular complexity index is 394. The first kappa shape index (κ1) is 28.9. The van der Waals surface area contributed by atoms with Crippen molar-refractivity contribution in [2.75, 3.05) is 6.61 Å². The molecule has 0 aromatic heterocycles. The minimum Gasteiger partial charge on any atom is -0.481 e. The van der Waals surface area contributed by atoms with Crippen molar-refractivity contribution in [1.29, 1.82) is 0 Å². The molecule has 0 saturated carbocycles. The molecular formula is C26H50O4. The van der Waals surface area contributed by atoms with Gasteiger partial charge in [0.2, 0.25) is 0 Å². The molecule has 4 nitrogen and oxygen atoms in total. The van der Waals surface area contributed by atoms with Gasteiger partial charge in [-0.2, -0.15) is 0 Å². The highest BCUT2D eigenvalue weighted by atomic mass is 16.5. The smallest absolute Gasteiger partial charge is 0.305 e. The third-order valence-corrected chi connectivity index (χ3v) is 5.93. The molecule has 1 N–H and O–H groups in total. The predicted molar refractivity (Wildman–Crippen MR) is 126 cm³/mol. The predicted octanol–water partition coefficient (Wildman–Crippen LogP) is 8.07. The number of rotatable bonds is 23. The van der Waals surface area contributed by atoms with Crippen LogP contribution in [0.2, 0.25) is 0 Å². The van der Waals surface area contributed by atoms with Crippen LogP contribution in [0.4, 0.5) is 0 Å². The zero-order valence-corrected chi connectivity index (χ0v) is 20.1. The first-order chi connectivity index (χ1) is 14.6. The van der Waals surface area contributed by atoms with E-state index in [0.717, 1.165) is 38.5 Å². The molecule has 0 fully saturated rings. The van der Waals surface area contributed by atoms with Crippen LogP contribution in [0.1, 0.15) is 142 Å². The highest BCUT2D eigenvalue weighted by Crippen LogP contribution is 2.20. The molecule has 0 spiro atoms. The Morgan fingerprint density at radius 3 is 1.60 bits per heavy atom. The maximum atomic E-state index is 12.1. The van der Waals surface area contributed by atoms with Gasteiger partial charge >= 0.3 is 11.9 Å². The fourth-order valence-electron chi connectivity index (χ4n) is 3.92. The second-order valence-electron chi connectivity index (χ2n) is 8.97. The summed E-state index contributed by atoms with van der Waals surface area (Å²) in [6.07, 6.45) is 22.0. The maximum absolute atomic E-state index is 12.1. The lowest BCUT2D eigenvalue weighted by molar-refractivity contribution is -0.145. The number of aliphatic carboxylic acids is 1. The van der Waals surface area contributed by atoms with Crippen molar-refractivity contribution in [2.45, 2.75) is 142 Å². The van der Waals surface area contributed by atoms with Gasteiger partial charge in [0.1, 0.15) is 0 Å². The average molecular weight is 427 g/mol. The summed E-state index contributed by atoms with van der Waals surface area (Å²) in [5, 5.41) is 8.62. The first-order valence-corrected chi connectivity index (χ1v) is 13.0. The van der Waals surface area contributed by atoms with Crippen molar-refractivity contribution in [3.63, 3.8) is 0 Å². The molecule has 0 aromatic carbocycles. The Labute approximate surface area is 186 Å². The Morgan fingerprint density at radius 2 is 1.07 bits per heavy atom. The van der Waals surface area contributed by atoms with Gasteiger partial charge in [0.05, 0.1) is 6.61 Å². The third-order valence-electron chi connectivity index (χ3n) is 5.93. The SMILES string of the molecule is CCCCCCCCC(CCCCCC)COC(=O)CCCCCCCCC(=O)O. The van der Waals surface area contributed by atoms with Crippen molar-refractivity contribution >= 4 is 11.9 Å². The first-order valence-electron chi connectivity index (χ1n) is 13.0. The van der Waals surface area contributed by atoms with E-state index in [1.54, 1.807) is 0 Å². The number of ether oxygens (including phenoxy) is 1. The van der Waals surface area contributed by atoms with Crippen LogP contribution in [0, 0.1) is 5.92 Å². The number of hydrogen-bond donors (Lipinski definition) is 1. The Kier molecular flexibility index (Phi) is 21.8. The summed E-state index contributed by atoms with van der Waals surface area (Å²) in [6.45, 7) is 5.10. The molecule has 0 amide bonds. The van der Waals surface area contributed by atoms with E-state index >= 15 is 0 Å². The van der Waals surface area contributed by atoms with Crippen molar-refractivity contribution in [3.05, 3.63) is 0 Å². The summed E-state index contributed by atoms with van der Waals surface area (Å²) in [6, 6.07) is 0. The van der Waals surface area contributed by atoms with Gasteiger partial charge in [0.15, 0.2) is 0 Å². The van der Waals surface area contributed by atoms with Gasteiger partial charge in [-0.15, -0.1) is 0 Å². The zero-order valence-electron chi connectivity index (χ0n) is 20.1. The summed E-state index contributed by atoms with van der Waals surface area (Å²) in [7, 11) is 0. The normalized spacial score (nSPS) is 12.1. The molecule has 0 saturated heterocycles. The number of carbonyl (C=O) groups is 2. The number of esters is 1. The summed E-state index contributed by atoms with van der Waals surface area (Å²) < 4.78 is 5.62. The van der Waals surface area contributed by atoms with E-state index < -0.39 is 5.97 Å². The fourth-order valence-corrected chi connectivity index (χ4v) is 3.92. The lowest BCUT2D eigenvalue weighted by Crippen LogP contribution is -2.14. The van der Waals surface area contributed by atoms with E-state index in [4.69, 9.17) is 9.84 Å². The van der Waals surface area contributed by atoms with E-state index in [2.05, 4.69) is 13.8 Å². The van der Waals surface area contributed by atoms with Crippen LogP contribution in [0.5, 0.6) is 0 Å². The van der Waals surface area contributed by atoms with Gasteiger partial charge in [-0.05, 0) is 31.6 Å². The van der Waals surface area contributed by atoms with Crippen molar-refractivity contribution in [3.8, 4) is 0 Å². The number of carboxylic acids is 1. The Balaban J connectivity index is 3.86. The Hall–Kier alpha value is -1.06. The molecule has 1 unspecified atom stereocenters. The summed E-state index contributed by atoms with van der Waals surface area (Å²) in [5.74, 6) is -0.216. The van der Waals surface area contributed by atoms with Gasteiger partial charge in [0, 0.05) is 12.8 Å². The van der Waals surface area contributed by atoms with E-state index in [-0.39, 0.29) is 12.4 Å². The van der Waals surface area contributed by atoms with Crippen LogP contribution in [0.25, 0.3) is 0 Å². The molecule has 0 aliphatic carbocycles. The third kappa shape index (κ3) is 21.6. The van der Waals surface area contributed by atoms with E-state index in [9.17, 15) is 9.59 Å². The molecule has 30 heavy (non-hydrogen) atoms. The number of carbonyl (C=O) groups excluding carboxylic acids is 1. The average Bonchev–Trinajstić information content (AvgIpc) is 2.72. The molecule has 0 rings (SSSR count). The highest BCUT2D eigenvalue weighted by molar-refractivity contribution is 5.69. The molecule has 0 bridgehead atoms. The molecule has 4 heteroatoms. The molecule has 0 aliphatic heterocycles. The van der Waals surface area contributed by atoms with Crippen molar-refractivity contribution in [1.82, 2.24) is 0 Å². The van der Waals surface area contributed by atoms with Crippen LogP contribution in [0.3, 0.4) is 0 Å². The second kappa shape index (κ2) is 22.6. The summed E-state index contributed by atoms with van der Waals surface area (Å²) >= 11 is 0. The van der Waals surface area contributed by atoms with E-state index in [1.165, 1.54) is 77.0 Å². The lowest BCUT2D eigenvalue weighted by Gasteiger charge is -2.17. The van der Waals surface area contributed by atoms with Gasteiger partial charge in [-0.25, -0.2) is 0 Å². The van der Waals surface area contributed by atoms with Gasteiger partial charge in [-0.1, -0.05) is 104 Å². The number of carboxylic acid groups (broad SMARTS) is 1. The monoisotopic (exact) mass is 426 g/mol. The van der Waals surface area contributed by atoms with Gasteiger partial charge in [0.25, 0.3) is 0 Å². The van der Waals surface area contributed by atoms with Crippen molar-refractivity contribution < 1.29 is 19.4 Å². The molecule has 1 atom stereocenters. The summed E-state index contributed by atoms with van der Waals surface area (Å²) in [5.41, 5.74) is 0. The second-order valence-corrected chi connectivity index (χ2v) is 8.97. The molecule has 0 radical (unpaired) electrons. The van der Waals surface area contributed by atoms with Gasteiger partial charge < -0.3 is 9.84 Å². The van der Waals surface area contributed by atoms with Crippen LogP contribution in [0.15, 0.2) is 0 Å². The van der Waals surface area contributed by atoms with E-state index in [0.29, 0.717) is 18.9 Å². The molecular weight excluding hydrogens is 376 g/mol. The quantitative estimate of drug-likeness (QED) is 0.132. The molecule has 0 aromatic rings. The zero-order chi connectivity index (χ0) is 22.3. The van der Waals surface area contributed by atoms with Crippen LogP contribution >= 0.6 is 0 Å². The Morgan fingerprint density at radius 1 is 0.633 bits per heavy atom. The van der Waals surface area contributed by atoms with Crippen LogP contribution in [-0.4, -0.2) is 23.7 Å². The number of unbranched alkanes of at least 4 members (excludes halogenated alkanes) is 13. The maximum Gasteiger partial charge on any atom is 0.305 e. The van der Waals surface area contributed by atoms with Gasteiger partial charge in [-0.3, -0.25) is 9.59 Å². The molecule has 0 aliphatic rings. The van der Waals surface area contributed by atoms with Crippen LogP contribution in [-0.2, 0) is 14.3 Å². The van der Waals surface area contributed by atoms with Crippen LogP contribution < -0.4 is 0 Å². The van der Waals surface area contributed by atoms with Crippen molar-refractivity contribution in [2.24, 2.45) is 5.92 Å². The minimum atomic E-state index is -0.710. The van der Waals surface area contributed by atoms with E-state index in [1.807, 2.05) is 0 Å². The highest BCUT2D eigenvalue weighted by Gasteiger charge is 2.12. The topological polar surface area (TPSA) is 63.6 Å². The lowest BCUT2D eigenvalue weighted by atomic mass is 9.95. The standard InChI is InChI=1S/C26H50O4/c1-3-5-7-9-12-16-20-24(19-15-8-6-4-2)23-30-26(29)22-18-14-11-10-13-17-21-25(27)28/h24H,3-23H2,1-2H3,(H,27,28). The largest absolute Gasteiger partial charge is 0.481 e. The molecule has 178 valence electrons. The summed E-state index contributed by atoms with van der Waals surface area (Å²) in [4.78, 5) is 22.6. The number of hydrogen-bond acceptors (Lipinski definition) is 3. The fraction of sp³-hybridized carbons (Fsp3) is 0.923. The minimum absolute atomic E-state index is 0.0395.